The van der Waals surface area contributed by atoms with Crippen LogP contribution in [0.5, 0.6) is 5.75 Å². The van der Waals surface area contributed by atoms with Gasteiger partial charge in [0.1, 0.15) is 5.75 Å². The van der Waals surface area contributed by atoms with Crippen molar-refractivity contribution < 1.29 is 4.74 Å². The lowest BCUT2D eigenvalue weighted by Crippen LogP contribution is -2.33. The Balaban J connectivity index is 1.89. The molecular formula is C18H22N2O. The molecule has 0 spiro atoms. The first-order valence-corrected chi connectivity index (χ1v) is 7.48. The summed E-state index contributed by atoms with van der Waals surface area (Å²) >= 11 is 0. The Bertz CT molecular complexity index is 607. The fourth-order valence-corrected chi connectivity index (χ4v) is 3.00. The Morgan fingerprint density at radius 1 is 1.05 bits per heavy atom. The zero-order valence-electron chi connectivity index (χ0n) is 12.5. The average molecular weight is 282 g/mol. The van der Waals surface area contributed by atoms with Gasteiger partial charge in [0.15, 0.2) is 0 Å². The van der Waals surface area contributed by atoms with Crippen molar-refractivity contribution in [1.29, 1.82) is 0 Å². The number of hydrogen-bond donors (Lipinski definition) is 2. The molecule has 110 valence electrons. The zero-order chi connectivity index (χ0) is 14.8. The number of hydrazine groups is 1. The molecule has 3 heteroatoms. The molecule has 2 atom stereocenters. The van der Waals surface area contributed by atoms with Crippen LogP contribution in [0.15, 0.2) is 48.5 Å². The smallest absolute Gasteiger partial charge is 0.122 e. The largest absolute Gasteiger partial charge is 0.493 e. The number of hydrogen-bond acceptors (Lipinski definition) is 3. The summed E-state index contributed by atoms with van der Waals surface area (Å²) in [5.74, 6) is 7.59. The molecule has 0 saturated heterocycles. The molecule has 2 aromatic carbocycles. The Labute approximate surface area is 126 Å². The van der Waals surface area contributed by atoms with Crippen LogP contribution in [0.4, 0.5) is 0 Å². The van der Waals surface area contributed by atoms with E-state index in [4.69, 9.17) is 10.6 Å². The summed E-state index contributed by atoms with van der Waals surface area (Å²) in [5.41, 5.74) is 6.75. The lowest BCUT2D eigenvalue weighted by molar-refractivity contribution is 0.300. The summed E-state index contributed by atoms with van der Waals surface area (Å²) in [6, 6.07) is 17.0. The van der Waals surface area contributed by atoms with Crippen molar-refractivity contribution in [2.24, 2.45) is 5.84 Å². The predicted octanol–water partition coefficient (Wildman–Crippen LogP) is 3.49. The summed E-state index contributed by atoms with van der Waals surface area (Å²) in [7, 11) is 0. The highest BCUT2D eigenvalue weighted by molar-refractivity contribution is 5.42. The first-order valence-electron chi connectivity index (χ1n) is 7.48. The highest BCUT2D eigenvalue weighted by atomic mass is 16.5. The van der Waals surface area contributed by atoms with E-state index >= 15 is 0 Å². The molecule has 0 bridgehead atoms. The van der Waals surface area contributed by atoms with Crippen molar-refractivity contribution in [3.05, 3.63) is 65.2 Å². The monoisotopic (exact) mass is 282 g/mol. The van der Waals surface area contributed by atoms with Crippen molar-refractivity contribution in [2.75, 3.05) is 6.61 Å². The minimum absolute atomic E-state index is 0.0647. The number of nitrogens with two attached hydrogens (primary N) is 1. The van der Waals surface area contributed by atoms with E-state index < -0.39 is 0 Å². The zero-order valence-corrected chi connectivity index (χ0v) is 12.5. The Morgan fingerprint density at radius 3 is 2.38 bits per heavy atom. The topological polar surface area (TPSA) is 47.3 Å². The molecule has 0 radical (unpaired) electrons. The highest BCUT2D eigenvalue weighted by Gasteiger charge is 2.31. The Kier molecular flexibility index (Phi) is 3.95. The van der Waals surface area contributed by atoms with Crippen LogP contribution in [-0.4, -0.2) is 6.61 Å². The van der Waals surface area contributed by atoms with Gasteiger partial charge in [0, 0.05) is 11.5 Å². The Morgan fingerprint density at radius 2 is 1.71 bits per heavy atom. The SMILES string of the molecule is CC(C)c1ccc(C(NN)C2COc3ccccc32)cc1. The quantitative estimate of drug-likeness (QED) is 0.666. The number of benzene rings is 2. The van der Waals surface area contributed by atoms with Crippen molar-refractivity contribution in [3.63, 3.8) is 0 Å². The van der Waals surface area contributed by atoms with Crippen molar-refractivity contribution in [2.45, 2.75) is 31.7 Å². The first-order chi connectivity index (χ1) is 10.2. The summed E-state index contributed by atoms with van der Waals surface area (Å²) in [6.07, 6.45) is 0. The van der Waals surface area contributed by atoms with Crippen LogP contribution in [0.25, 0.3) is 0 Å². The molecule has 3 N–H and O–H groups in total. The Hall–Kier alpha value is -1.84. The van der Waals surface area contributed by atoms with Crippen molar-refractivity contribution >= 4 is 0 Å². The van der Waals surface area contributed by atoms with Crippen LogP contribution in [-0.2, 0) is 0 Å². The molecule has 2 aromatic rings. The molecule has 0 amide bonds. The van der Waals surface area contributed by atoms with Crippen LogP contribution >= 0.6 is 0 Å². The van der Waals surface area contributed by atoms with Gasteiger partial charge >= 0.3 is 0 Å². The van der Waals surface area contributed by atoms with Crippen molar-refractivity contribution in [3.8, 4) is 5.75 Å². The molecule has 1 heterocycles. The molecule has 21 heavy (non-hydrogen) atoms. The number of ether oxygens (including phenoxy) is 1. The molecule has 0 saturated carbocycles. The van der Waals surface area contributed by atoms with E-state index in [-0.39, 0.29) is 12.0 Å². The van der Waals surface area contributed by atoms with Crippen LogP contribution in [0.1, 0.15) is 48.4 Å². The summed E-state index contributed by atoms with van der Waals surface area (Å²) in [4.78, 5) is 0. The fraction of sp³-hybridized carbons (Fsp3) is 0.333. The van der Waals surface area contributed by atoms with E-state index in [1.807, 2.05) is 12.1 Å². The third kappa shape index (κ3) is 2.67. The lowest BCUT2D eigenvalue weighted by atomic mass is 9.88. The molecular weight excluding hydrogens is 260 g/mol. The van der Waals surface area contributed by atoms with Gasteiger partial charge in [-0.3, -0.25) is 11.3 Å². The van der Waals surface area contributed by atoms with Gasteiger partial charge in [-0.2, -0.15) is 0 Å². The van der Waals surface area contributed by atoms with Gasteiger partial charge in [-0.25, -0.2) is 0 Å². The number of nitrogens with one attached hydrogen (secondary N) is 1. The maximum Gasteiger partial charge on any atom is 0.122 e. The normalized spacial score (nSPS) is 18.4. The fourth-order valence-electron chi connectivity index (χ4n) is 3.00. The minimum atomic E-state index is 0.0647. The van der Waals surface area contributed by atoms with Gasteiger partial charge in [-0.15, -0.1) is 0 Å². The molecule has 1 aliphatic rings. The number of fused-ring (bicyclic) bond motifs is 1. The van der Waals surface area contributed by atoms with Gasteiger partial charge in [-0.1, -0.05) is 56.3 Å². The molecule has 0 aromatic heterocycles. The summed E-state index contributed by atoms with van der Waals surface area (Å²) in [6.45, 7) is 5.07. The molecule has 3 nitrogen and oxygen atoms in total. The van der Waals surface area contributed by atoms with E-state index in [1.54, 1.807) is 0 Å². The highest BCUT2D eigenvalue weighted by Crippen LogP contribution is 2.40. The van der Waals surface area contributed by atoms with Crippen LogP contribution < -0.4 is 16.0 Å². The average Bonchev–Trinajstić information content (AvgIpc) is 2.93. The van der Waals surface area contributed by atoms with E-state index in [1.165, 1.54) is 16.7 Å². The van der Waals surface area contributed by atoms with Gasteiger partial charge in [-0.05, 0) is 23.1 Å². The van der Waals surface area contributed by atoms with Gasteiger partial charge in [0.05, 0.1) is 12.6 Å². The standard InChI is InChI=1S/C18H22N2O/c1-12(2)13-7-9-14(10-8-13)18(20-19)16-11-21-17-6-4-3-5-15(16)17/h3-10,12,16,18,20H,11,19H2,1-2H3. The van der Waals surface area contributed by atoms with E-state index in [0.717, 1.165) is 5.75 Å². The molecule has 0 fully saturated rings. The van der Waals surface area contributed by atoms with Crippen LogP contribution in [0.3, 0.4) is 0 Å². The predicted molar refractivity (Wildman–Crippen MR) is 85.3 cm³/mol. The first kappa shape index (κ1) is 14.1. The maximum atomic E-state index is 5.83. The van der Waals surface area contributed by atoms with E-state index in [9.17, 15) is 0 Å². The third-order valence-corrected chi connectivity index (χ3v) is 4.28. The minimum Gasteiger partial charge on any atom is -0.493 e. The number of para-hydroxylation sites is 1. The lowest BCUT2D eigenvalue weighted by Gasteiger charge is -2.23. The summed E-state index contributed by atoms with van der Waals surface area (Å²) in [5, 5.41) is 0. The second-order valence-corrected chi connectivity index (χ2v) is 5.92. The molecule has 2 unspecified atom stereocenters. The van der Waals surface area contributed by atoms with Gasteiger partial charge < -0.3 is 4.74 Å². The summed E-state index contributed by atoms with van der Waals surface area (Å²) < 4.78 is 5.78. The maximum absolute atomic E-state index is 5.83. The van der Waals surface area contributed by atoms with Gasteiger partial charge in [0.25, 0.3) is 0 Å². The second kappa shape index (κ2) is 5.88. The van der Waals surface area contributed by atoms with E-state index in [2.05, 4.69) is 55.7 Å². The van der Waals surface area contributed by atoms with E-state index in [0.29, 0.717) is 12.5 Å². The third-order valence-electron chi connectivity index (χ3n) is 4.28. The molecule has 1 aliphatic heterocycles. The second-order valence-electron chi connectivity index (χ2n) is 5.92. The van der Waals surface area contributed by atoms with Gasteiger partial charge in [0.2, 0.25) is 0 Å². The van der Waals surface area contributed by atoms with Crippen LogP contribution in [0, 0.1) is 0 Å². The molecule has 3 rings (SSSR count). The molecule has 0 aliphatic carbocycles. The number of rotatable bonds is 4. The van der Waals surface area contributed by atoms with Crippen LogP contribution in [0.2, 0.25) is 0 Å². The van der Waals surface area contributed by atoms with Crippen molar-refractivity contribution in [1.82, 2.24) is 5.43 Å².